The van der Waals surface area contributed by atoms with Crippen molar-refractivity contribution < 1.29 is 4.74 Å². The van der Waals surface area contributed by atoms with Crippen LogP contribution in [0.5, 0.6) is 0 Å². The smallest absolute Gasteiger partial charge is 0.0961 e. The van der Waals surface area contributed by atoms with Crippen molar-refractivity contribution >= 4 is 0 Å². The van der Waals surface area contributed by atoms with E-state index < -0.39 is 0 Å². The summed E-state index contributed by atoms with van der Waals surface area (Å²) in [5, 5.41) is 0. The molecule has 1 aliphatic rings. The highest BCUT2D eigenvalue weighted by molar-refractivity contribution is 4.98. The molecule has 1 saturated heterocycles. The molecule has 0 aromatic heterocycles. The van der Waals surface area contributed by atoms with Crippen molar-refractivity contribution in [3.63, 3.8) is 0 Å². The van der Waals surface area contributed by atoms with Gasteiger partial charge in [-0.2, -0.15) is 0 Å². The van der Waals surface area contributed by atoms with Gasteiger partial charge >= 0.3 is 0 Å². The average Bonchev–Trinajstić information content (AvgIpc) is 2.45. The number of allylic oxidation sites excluding steroid dienone is 1. The van der Waals surface area contributed by atoms with Crippen LogP contribution < -0.4 is 0 Å². The van der Waals surface area contributed by atoms with Gasteiger partial charge in [0.15, 0.2) is 0 Å². The second-order valence-corrected chi connectivity index (χ2v) is 4.53. The van der Waals surface area contributed by atoms with E-state index in [9.17, 15) is 0 Å². The van der Waals surface area contributed by atoms with Crippen molar-refractivity contribution in [2.45, 2.75) is 64.9 Å². The first kappa shape index (κ1) is 11.6. The molecule has 1 fully saturated rings. The topological polar surface area (TPSA) is 9.23 Å². The lowest BCUT2D eigenvalue weighted by atomic mass is 9.96. The molecule has 0 bridgehead atoms. The summed E-state index contributed by atoms with van der Waals surface area (Å²) < 4.78 is 5.56. The van der Waals surface area contributed by atoms with E-state index in [-0.39, 0.29) is 0 Å². The van der Waals surface area contributed by atoms with Gasteiger partial charge in [0.1, 0.15) is 0 Å². The SMILES string of the molecule is C=C1O[C@@H](C)C[C@H]1CCCCCCC. The zero-order chi connectivity index (χ0) is 10.4. The van der Waals surface area contributed by atoms with Gasteiger partial charge in [0, 0.05) is 5.92 Å². The first-order valence-electron chi connectivity index (χ1n) is 6.09. The Bertz CT molecular complexity index is 174. The maximum absolute atomic E-state index is 5.56. The van der Waals surface area contributed by atoms with Crippen molar-refractivity contribution in [3.05, 3.63) is 12.3 Å². The summed E-state index contributed by atoms with van der Waals surface area (Å²) >= 11 is 0. The molecule has 0 aromatic carbocycles. The van der Waals surface area contributed by atoms with E-state index in [2.05, 4.69) is 20.4 Å². The summed E-state index contributed by atoms with van der Waals surface area (Å²) in [5.74, 6) is 1.68. The molecule has 1 aliphatic heterocycles. The Labute approximate surface area is 88.5 Å². The fraction of sp³-hybridized carbons (Fsp3) is 0.846. The molecule has 0 spiro atoms. The summed E-state index contributed by atoms with van der Waals surface area (Å²) in [6, 6.07) is 0. The van der Waals surface area contributed by atoms with Gasteiger partial charge in [-0.15, -0.1) is 0 Å². The van der Waals surface area contributed by atoms with E-state index in [1.54, 1.807) is 0 Å². The zero-order valence-corrected chi connectivity index (χ0v) is 9.72. The quantitative estimate of drug-likeness (QED) is 0.576. The lowest BCUT2D eigenvalue weighted by molar-refractivity contribution is 0.178. The molecule has 2 atom stereocenters. The van der Waals surface area contributed by atoms with Crippen LogP contribution in [0.25, 0.3) is 0 Å². The third-order valence-corrected chi connectivity index (χ3v) is 3.08. The first-order chi connectivity index (χ1) is 6.74. The molecule has 0 N–H and O–H groups in total. The molecule has 1 nitrogen and oxygen atoms in total. The highest BCUT2D eigenvalue weighted by Gasteiger charge is 2.25. The summed E-state index contributed by atoms with van der Waals surface area (Å²) in [5.41, 5.74) is 0. The summed E-state index contributed by atoms with van der Waals surface area (Å²) in [4.78, 5) is 0. The lowest BCUT2D eigenvalue weighted by Gasteiger charge is -2.07. The van der Waals surface area contributed by atoms with Crippen LogP contribution in [0.2, 0.25) is 0 Å². The Morgan fingerprint density at radius 3 is 2.57 bits per heavy atom. The maximum Gasteiger partial charge on any atom is 0.0961 e. The lowest BCUT2D eigenvalue weighted by Crippen LogP contribution is -1.98. The van der Waals surface area contributed by atoms with Crippen LogP contribution in [0, 0.1) is 5.92 Å². The van der Waals surface area contributed by atoms with Crippen molar-refractivity contribution in [2.75, 3.05) is 0 Å². The molecule has 14 heavy (non-hydrogen) atoms. The summed E-state index contributed by atoms with van der Waals surface area (Å²) in [6.07, 6.45) is 9.72. The predicted octanol–water partition coefficient (Wildman–Crippen LogP) is 4.29. The molecule has 0 saturated carbocycles. The van der Waals surface area contributed by atoms with E-state index in [0.717, 1.165) is 5.76 Å². The van der Waals surface area contributed by atoms with E-state index in [4.69, 9.17) is 4.74 Å². The molecular weight excluding hydrogens is 172 g/mol. The van der Waals surface area contributed by atoms with E-state index >= 15 is 0 Å². The molecule has 0 aromatic rings. The third kappa shape index (κ3) is 3.73. The standard InChI is InChI=1S/C13H24O/c1-4-5-6-7-8-9-13-10-11(2)14-12(13)3/h11,13H,3-10H2,1-2H3/t11-,13+/m0/s1. The highest BCUT2D eigenvalue weighted by Crippen LogP contribution is 2.32. The van der Waals surface area contributed by atoms with Gasteiger partial charge in [0.25, 0.3) is 0 Å². The van der Waals surface area contributed by atoms with Gasteiger partial charge in [0.05, 0.1) is 11.9 Å². The Balaban J connectivity index is 2.04. The van der Waals surface area contributed by atoms with Gasteiger partial charge in [-0.05, 0) is 19.8 Å². The third-order valence-electron chi connectivity index (χ3n) is 3.08. The second kappa shape index (κ2) is 6.10. The van der Waals surface area contributed by atoms with Crippen LogP contribution in [-0.2, 0) is 4.74 Å². The van der Waals surface area contributed by atoms with Crippen LogP contribution in [0.1, 0.15) is 58.8 Å². The molecule has 1 rings (SSSR count). The molecule has 1 heterocycles. The molecule has 1 heteroatoms. The minimum absolute atomic E-state index is 0.406. The number of unbranched alkanes of at least 4 members (excludes halogenated alkanes) is 4. The van der Waals surface area contributed by atoms with E-state index in [1.807, 2.05) is 0 Å². The van der Waals surface area contributed by atoms with Crippen LogP contribution >= 0.6 is 0 Å². The van der Waals surface area contributed by atoms with Gasteiger partial charge < -0.3 is 4.74 Å². The van der Waals surface area contributed by atoms with Crippen LogP contribution in [0.15, 0.2) is 12.3 Å². The molecule has 0 unspecified atom stereocenters. The molecule has 0 aliphatic carbocycles. The van der Waals surface area contributed by atoms with Crippen molar-refractivity contribution in [1.29, 1.82) is 0 Å². The zero-order valence-electron chi connectivity index (χ0n) is 9.72. The normalized spacial score (nSPS) is 26.6. The number of hydrogen-bond acceptors (Lipinski definition) is 1. The number of ether oxygens (including phenoxy) is 1. The van der Waals surface area contributed by atoms with Crippen LogP contribution in [-0.4, -0.2) is 6.10 Å². The fourth-order valence-electron chi connectivity index (χ4n) is 2.21. The average molecular weight is 196 g/mol. The number of hydrogen-bond donors (Lipinski definition) is 0. The molecular formula is C13H24O. The molecule has 0 radical (unpaired) electrons. The minimum atomic E-state index is 0.406. The Hall–Kier alpha value is -0.460. The first-order valence-corrected chi connectivity index (χ1v) is 6.09. The monoisotopic (exact) mass is 196 g/mol. The molecule has 82 valence electrons. The van der Waals surface area contributed by atoms with Gasteiger partial charge in [0.2, 0.25) is 0 Å². The largest absolute Gasteiger partial charge is 0.495 e. The fourth-order valence-corrected chi connectivity index (χ4v) is 2.21. The van der Waals surface area contributed by atoms with Crippen LogP contribution in [0.3, 0.4) is 0 Å². The molecule has 0 amide bonds. The Morgan fingerprint density at radius 1 is 1.29 bits per heavy atom. The second-order valence-electron chi connectivity index (χ2n) is 4.53. The van der Waals surface area contributed by atoms with Crippen molar-refractivity contribution in [2.24, 2.45) is 5.92 Å². The van der Waals surface area contributed by atoms with Gasteiger partial charge in [-0.1, -0.05) is 45.6 Å². The number of rotatable bonds is 6. The highest BCUT2D eigenvalue weighted by atomic mass is 16.5. The maximum atomic E-state index is 5.56. The van der Waals surface area contributed by atoms with Crippen LogP contribution in [0.4, 0.5) is 0 Å². The van der Waals surface area contributed by atoms with Gasteiger partial charge in [-0.25, -0.2) is 0 Å². The van der Waals surface area contributed by atoms with Crippen molar-refractivity contribution in [1.82, 2.24) is 0 Å². The summed E-state index contributed by atoms with van der Waals surface area (Å²) in [6.45, 7) is 8.38. The summed E-state index contributed by atoms with van der Waals surface area (Å²) in [7, 11) is 0. The minimum Gasteiger partial charge on any atom is -0.495 e. The Kier molecular flexibility index (Phi) is 5.06. The Morgan fingerprint density at radius 2 is 2.00 bits per heavy atom. The van der Waals surface area contributed by atoms with Gasteiger partial charge in [-0.3, -0.25) is 0 Å². The van der Waals surface area contributed by atoms with E-state index in [1.165, 1.54) is 44.9 Å². The van der Waals surface area contributed by atoms with Crippen molar-refractivity contribution in [3.8, 4) is 0 Å². The predicted molar refractivity (Wildman–Crippen MR) is 61.2 cm³/mol. The van der Waals surface area contributed by atoms with E-state index in [0.29, 0.717) is 12.0 Å².